The van der Waals surface area contributed by atoms with Gasteiger partial charge in [0.1, 0.15) is 5.75 Å². The van der Waals surface area contributed by atoms with Crippen molar-refractivity contribution in [3.63, 3.8) is 0 Å². The summed E-state index contributed by atoms with van der Waals surface area (Å²) in [4.78, 5) is 0. The molecular weight excluding hydrogens is 192 g/mol. The molecule has 2 rings (SSSR count). The van der Waals surface area contributed by atoms with Crippen LogP contribution in [0.15, 0.2) is 24.3 Å². The van der Waals surface area contributed by atoms with Gasteiger partial charge in [0, 0.05) is 0 Å². The number of tetrazole rings is 1. The second-order valence-corrected chi connectivity index (χ2v) is 3.34. The van der Waals surface area contributed by atoms with Crippen LogP contribution in [0.4, 0.5) is 0 Å². The lowest BCUT2D eigenvalue weighted by Gasteiger charge is -2.10. The molecule has 0 fully saturated rings. The highest BCUT2D eigenvalue weighted by atomic mass is 16.5. The Morgan fingerprint density at radius 1 is 1.27 bits per heavy atom. The van der Waals surface area contributed by atoms with Crippen LogP contribution in [0, 0.1) is 6.92 Å². The van der Waals surface area contributed by atoms with Crippen molar-refractivity contribution in [3.8, 4) is 5.75 Å². The van der Waals surface area contributed by atoms with Crippen molar-refractivity contribution in [1.82, 2.24) is 20.6 Å². The molecule has 0 saturated carbocycles. The molecule has 0 spiro atoms. The second kappa shape index (κ2) is 4.08. The van der Waals surface area contributed by atoms with E-state index < -0.39 is 0 Å². The first kappa shape index (κ1) is 9.64. The molecule has 5 heteroatoms. The Morgan fingerprint density at radius 2 is 2.00 bits per heavy atom. The lowest BCUT2D eigenvalue weighted by Crippen LogP contribution is -2.05. The Hall–Kier alpha value is -1.91. The maximum absolute atomic E-state index is 5.63. The van der Waals surface area contributed by atoms with Crippen molar-refractivity contribution >= 4 is 0 Å². The summed E-state index contributed by atoms with van der Waals surface area (Å²) >= 11 is 0. The molecular formula is C10H12N4O. The zero-order valence-corrected chi connectivity index (χ0v) is 8.64. The number of H-pyrrole nitrogens is 1. The minimum Gasteiger partial charge on any atom is -0.483 e. The average molecular weight is 204 g/mol. The van der Waals surface area contributed by atoms with E-state index in [1.165, 1.54) is 5.56 Å². The first-order chi connectivity index (χ1) is 7.25. The van der Waals surface area contributed by atoms with Gasteiger partial charge < -0.3 is 4.74 Å². The summed E-state index contributed by atoms with van der Waals surface area (Å²) in [6, 6.07) is 7.84. The van der Waals surface area contributed by atoms with Gasteiger partial charge in [-0.1, -0.05) is 22.9 Å². The van der Waals surface area contributed by atoms with Crippen LogP contribution in [0.5, 0.6) is 5.75 Å². The van der Waals surface area contributed by atoms with Crippen LogP contribution >= 0.6 is 0 Å². The smallest absolute Gasteiger partial charge is 0.214 e. The molecule has 0 saturated heterocycles. The van der Waals surface area contributed by atoms with Gasteiger partial charge in [0.25, 0.3) is 0 Å². The highest BCUT2D eigenvalue weighted by Crippen LogP contribution is 2.18. The van der Waals surface area contributed by atoms with Crippen molar-refractivity contribution in [2.45, 2.75) is 20.0 Å². The standard InChI is InChI=1S/C10H12N4O/c1-7-3-5-9(6-4-7)15-8(2)10-11-13-14-12-10/h3-6,8H,1-2H3,(H,11,12,13,14)/t8-/m1/s1. The maximum Gasteiger partial charge on any atom is 0.214 e. The number of benzene rings is 1. The summed E-state index contributed by atoms with van der Waals surface area (Å²) in [5.41, 5.74) is 1.20. The molecule has 15 heavy (non-hydrogen) atoms. The number of ether oxygens (including phenoxy) is 1. The molecule has 1 heterocycles. The lowest BCUT2D eigenvalue weighted by atomic mass is 10.2. The molecule has 1 aromatic carbocycles. The lowest BCUT2D eigenvalue weighted by molar-refractivity contribution is 0.216. The molecule has 0 bridgehead atoms. The van der Waals surface area contributed by atoms with Gasteiger partial charge in [-0.15, -0.1) is 10.2 Å². The van der Waals surface area contributed by atoms with Crippen LogP contribution in [0.1, 0.15) is 24.4 Å². The van der Waals surface area contributed by atoms with Crippen molar-refractivity contribution in [1.29, 1.82) is 0 Å². The minimum atomic E-state index is -0.202. The van der Waals surface area contributed by atoms with Gasteiger partial charge >= 0.3 is 0 Å². The molecule has 5 nitrogen and oxygen atoms in total. The van der Waals surface area contributed by atoms with E-state index in [2.05, 4.69) is 20.6 Å². The summed E-state index contributed by atoms with van der Waals surface area (Å²) < 4.78 is 5.63. The van der Waals surface area contributed by atoms with Crippen LogP contribution in [0.3, 0.4) is 0 Å². The van der Waals surface area contributed by atoms with Crippen molar-refractivity contribution in [3.05, 3.63) is 35.7 Å². The number of nitrogens with one attached hydrogen (secondary N) is 1. The first-order valence-corrected chi connectivity index (χ1v) is 4.72. The quantitative estimate of drug-likeness (QED) is 0.825. The van der Waals surface area contributed by atoms with Crippen LogP contribution in [-0.4, -0.2) is 20.6 Å². The summed E-state index contributed by atoms with van der Waals surface area (Å²) in [6.45, 7) is 3.91. The second-order valence-electron chi connectivity index (χ2n) is 3.34. The predicted octanol–water partition coefficient (Wildman–Crippen LogP) is 1.65. The third-order valence-corrected chi connectivity index (χ3v) is 2.06. The number of aromatic nitrogens is 4. The van der Waals surface area contributed by atoms with Crippen molar-refractivity contribution < 1.29 is 4.74 Å². The molecule has 0 aliphatic heterocycles. The van der Waals surface area contributed by atoms with E-state index >= 15 is 0 Å². The van der Waals surface area contributed by atoms with E-state index in [1.54, 1.807) is 0 Å². The number of nitrogens with zero attached hydrogens (tertiary/aromatic N) is 3. The molecule has 0 aliphatic rings. The molecule has 0 amide bonds. The Balaban J connectivity index is 2.06. The van der Waals surface area contributed by atoms with E-state index in [0.29, 0.717) is 5.82 Å². The third-order valence-electron chi connectivity index (χ3n) is 2.06. The molecule has 78 valence electrons. The Bertz CT molecular complexity index is 409. The molecule has 2 aromatic rings. The van der Waals surface area contributed by atoms with E-state index in [0.717, 1.165) is 5.75 Å². The van der Waals surface area contributed by atoms with Gasteiger partial charge in [-0.05, 0) is 26.0 Å². The van der Waals surface area contributed by atoms with E-state index in [9.17, 15) is 0 Å². The third kappa shape index (κ3) is 2.31. The summed E-state index contributed by atoms with van der Waals surface area (Å²) in [5.74, 6) is 1.36. The summed E-state index contributed by atoms with van der Waals surface area (Å²) in [7, 11) is 0. The Morgan fingerprint density at radius 3 is 2.60 bits per heavy atom. The predicted molar refractivity (Wildman–Crippen MR) is 54.4 cm³/mol. The molecule has 1 aromatic heterocycles. The number of hydrogen-bond acceptors (Lipinski definition) is 4. The highest BCUT2D eigenvalue weighted by Gasteiger charge is 2.11. The fourth-order valence-electron chi connectivity index (χ4n) is 1.22. The van der Waals surface area contributed by atoms with Gasteiger partial charge in [0.15, 0.2) is 6.10 Å². The molecule has 0 unspecified atom stereocenters. The molecule has 1 N–H and O–H groups in total. The zero-order valence-electron chi connectivity index (χ0n) is 8.64. The maximum atomic E-state index is 5.63. The average Bonchev–Trinajstić information content (AvgIpc) is 2.74. The largest absolute Gasteiger partial charge is 0.483 e. The SMILES string of the molecule is Cc1ccc(O[C@H](C)c2nn[nH]n2)cc1. The highest BCUT2D eigenvalue weighted by molar-refractivity contribution is 5.26. The van der Waals surface area contributed by atoms with Gasteiger partial charge in [-0.3, -0.25) is 0 Å². The number of rotatable bonds is 3. The van der Waals surface area contributed by atoms with Crippen LogP contribution in [0.25, 0.3) is 0 Å². The van der Waals surface area contributed by atoms with Gasteiger partial charge in [0.2, 0.25) is 5.82 Å². The first-order valence-electron chi connectivity index (χ1n) is 4.72. The molecule has 1 atom stereocenters. The zero-order chi connectivity index (χ0) is 10.7. The topological polar surface area (TPSA) is 63.7 Å². The summed E-state index contributed by atoms with van der Waals surface area (Å²) in [5, 5.41) is 13.6. The van der Waals surface area contributed by atoms with Crippen molar-refractivity contribution in [2.24, 2.45) is 0 Å². The van der Waals surface area contributed by atoms with Gasteiger partial charge in [-0.2, -0.15) is 5.21 Å². The van der Waals surface area contributed by atoms with Gasteiger partial charge in [0.05, 0.1) is 0 Å². The number of hydrogen-bond donors (Lipinski definition) is 1. The van der Waals surface area contributed by atoms with E-state index in [4.69, 9.17) is 4.74 Å². The summed E-state index contributed by atoms with van der Waals surface area (Å²) in [6.07, 6.45) is -0.202. The van der Waals surface area contributed by atoms with E-state index in [1.807, 2.05) is 38.1 Å². The van der Waals surface area contributed by atoms with E-state index in [-0.39, 0.29) is 6.10 Å². The Kier molecular flexibility index (Phi) is 2.62. The van der Waals surface area contributed by atoms with Crippen LogP contribution in [-0.2, 0) is 0 Å². The Labute approximate surface area is 87.5 Å². The number of aryl methyl sites for hydroxylation is 1. The fourth-order valence-corrected chi connectivity index (χ4v) is 1.22. The van der Waals surface area contributed by atoms with Crippen LogP contribution in [0.2, 0.25) is 0 Å². The van der Waals surface area contributed by atoms with Crippen molar-refractivity contribution in [2.75, 3.05) is 0 Å². The minimum absolute atomic E-state index is 0.202. The molecule has 0 radical (unpaired) electrons. The molecule has 0 aliphatic carbocycles. The fraction of sp³-hybridized carbons (Fsp3) is 0.300. The van der Waals surface area contributed by atoms with Gasteiger partial charge in [-0.25, -0.2) is 0 Å². The van der Waals surface area contributed by atoms with Crippen LogP contribution < -0.4 is 4.74 Å². The number of aromatic amines is 1. The normalized spacial score (nSPS) is 12.4. The monoisotopic (exact) mass is 204 g/mol.